The minimum Gasteiger partial charge on any atom is -0.748 e. The van der Waals surface area contributed by atoms with Crippen molar-refractivity contribution < 1.29 is 47.6 Å². The summed E-state index contributed by atoms with van der Waals surface area (Å²) in [6.45, 7) is 4.01. The number of unbranched alkanes of at least 4 members (excludes halogenated alkanes) is 7. The molecule has 21 heavy (non-hydrogen) atoms. The smallest absolute Gasteiger partial charge is 0.748 e. The van der Waals surface area contributed by atoms with Crippen molar-refractivity contribution in [3.8, 4) is 0 Å². The van der Waals surface area contributed by atoms with E-state index in [1.807, 2.05) is 6.92 Å². The summed E-state index contributed by atoms with van der Waals surface area (Å²) in [6.07, 6.45) is 9.46. The van der Waals surface area contributed by atoms with Gasteiger partial charge < -0.3 is 9.66 Å². The molecule has 0 aliphatic carbocycles. The molecule has 0 bridgehead atoms. The fourth-order valence-corrected chi connectivity index (χ4v) is 3.53. The van der Waals surface area contributed by atoms with Gasteiger partial charge in [0.25, 0.3) is 0 Å². The molecule has 0 amide bonds. The van der Waals surface area contributed by atoms with Gasteiger partial charge in [0, 0.05) is 0 Å². The van der Waals surface area contributed by atoms with Gasteiger partial charge in [-0.05, 0) is 12.8 Å². The first-order valence-corrected chi connectivity index (χ1v) is 9.53. The average Bonchev–Trinajstić information content (AvgIpc) is 2.37. The minimum absolute atomic E-state index is 0. The van der Waals surface area contributed by atoms with Gasteiger partial charge in [-0.15, -0.1) is 0 Å². The van der Waals surface area contributed by atoms with Gasteiger partial charge in [-0.25, -0.2) is 8.42 Å². The van der Waals surface area contributed by atoms with Gasteiger partial charge >= 0.3 is 29.6 Å². The molecule has 0 saturated heterocycles. The zero-order valence-electron chi connectivity index (χ0n) is 14.0. The molecule has 4 nitrogen and oxygen atoms in total. The first kappa shape index (κ1) is 24.1. The van der Waals surface area contributed by atoms with Crippen molar-refractivity contribution in [3.63, 3.8) is 0 Å². The summed E-state index contributed by atoms with van der Waals surface area (Å²) in [7, 11) is -4.38. The second-order valence-electron chi connectivity index (χ2n) is 5.65. The molecular weight excluding hydrogens is 299 g/mol. The van der Waals surface area contributed by atoms with Crippen molar-refractivity contribution in [2.45, 2.75) is 95.8 Å². The fourth-order valence-electron chi connectivity index (χ4n) is 2.49. The van der Waals surface area contributed by atoms with Crippen LogP contribution in [-0.4, -0.2) is 29.4 Å². The number of hydrogen-bond donors (Lipinski definition) is 1. The summed E-state index contributed by atoms with van der Waals surface area (Å²) in [5, 5.41) is 8.74. The molecule has 0 fully saturated rings. The standard InChI is InChI=1S/C15H32O4S.Na/c1-3-5-6-7-8-9-10-11-13-14(16)15(12-4-2)20(17,18)19;/h14-16H,3-13H2,1-2H3,(H,17,18,19);/q;+1/p-1. The molecule has 0 aromatic carbocycles. The molecule has 0 spiro atoms. The molecule has 1 N–H and O–H groups in total. The van der Waals surface area contributed by atoms with Crippen molar-refractivity contribution in [3.05, 3.63) is 0 Å². The van der Waals surface area contributed by atoms with Crippen LogP contribution in [0.5, 0.6) is 0 Å². The average molecular weight is 330 g/mol. The zero-order chi connectivity index (χ0) is 15.4. The van der Waals surface area contributed by atoms with Crippen LogP contribution in [0, 0.1) is 0 Å². The van der Waals surface area contributed by atoms with Gasteiger partial charge in [0.05, 0.1) is 11.4 Å². The van der Waals surface area contributed by atoms with Crippen LogP contribution in [0.2, 0.25) is 0 Å². The molecule has 0 radical (unpaired) electrons. The molecule has 2 atom stereocenters. The maximum Gasteiger partial charge on any atom is 1.00 e. The number of aliphatic hydroxyl groups excluding tert-OH is 1. The van der Waals surface area contributed by atoms with Crippen molar-refractivity contribution >= 4 is 10.1 Å². The first-order chi connectivity index (χ1) is 9.43. The fraction of sp³-hybridized carbons (Fsp3) is 1.00. The first-order valence-electron chi connectivity index (χ1n) is 8.06. The molecule has 122 valence electrons. The van der Waals surface area contributed by atoms with E-state index >= 15 is 0 Å². The van der Waals surface area contributed by atoms with E-state index in [1.165, 1.54) is 32.1 Å². The maximum absolute atomic E-state index is 11.1. The van der Waals surface area contributed by atoms with Crippen molar-refractivity contribution in [1.29, 1.82) is 0 Å². The largest absolute Gasteiger partial charge is 1.00 e. The van der Waals surface area contributed by atoms with Crippen LogP contribution < -0.4 is 29.6 Å². The zero-order valence-corrected chi connectivity index (χ0v) is 16.8. The van der Waals surface area contributed by atoms with E-state index in [-0.39, 0.29) is 36.0 Å². The normalized spacial score (nSPS) is 14.5. The minimum atomic E-state index is -4.38. The summed E-state index contributed by atoms with van der Waals surface area (Å²) in [4.78, 5) is 0. The molecule has 0 aromatic rings. The van der Waals surface area contributed by atoms with E-state index in [9.17, 15) is 18.1 Å². The van der Waals surface area contributed by atoms with Crippen LogP contribution in [0.4, 0.5) is 0 Å². The maximum atomic E-state index is 11.1. The summed E-state index contributed by atoms with van der Waals surface area (Å²) in [6, 6.07) is 0. The molecule has 0 aliphatic heterocycles. The molecule has 2 unspecified atom stereocenters. The van der Waals surface area contributed by atoms with Crippen molar-refractivity contribution in [1.82, 2.24) is 0 Å². The summed E-state index contributed by atoms with van der Waals surface area (Å²) >= 11 is 0. The van der Waals surface area contributed by atoms with E-state index in [2.05, 4.69) is 6.92 Å². The Morgan fingerprint density at radius 3 is 1.76 bits per heavy atom. The second kappa shape index (κ2) is 14.5. The SMILES string of the molecule is CCCCCCCCCCC(O)C(CCC)S(=O)(=O)[O-].[Na+]. The van der Waals surface area contributed by atoms with E-state index in [4.69, 9.17) is 0 Å². The number of aliphatic hydroxyl groups is 1. The molecular formula is C15H31NaO4S. The van der Waals surface area contributed by atoms with Gasteiger partial charge in [-0.3, -0.25) is 0 Å². The number of hydrogen-bond acceptors (Lipinski definition) is 4. The quantitative estimate of drug-likeness (QED) is 0.305. The Balaban J connectivity index is 0. The summed E-state index contributed by atoms with van der Waals surface area (Å²) < 4.78 is 33.2. The van der Waals surface area contributed by atoms with Crippen molar-refractivity contribution in [2.75, 3.05) is 0 Å². The molecule has 0 aliphatic rings. The third-order valence-electron chi connectivity index (χ3n) is 3.73. The Labute approximate surface area is 153 Å². The van der Waals surface area contributed by atoms with Gasteiger partial charge in [0.2, 0.25) is 0 Å². The summed E-state index contributed by atoms with van der Waals surface area (Å²) in [5.74, 6) is 0. The third kappa shape index (κ3) is 13.0. The molecule has 0 heterocycles. The predicted molar refractivity (Wildman–Crippen MR) is 81.6 cm³/mol. The Kier molecular flexibility index (Phi) is 16.6. The third-order valence-corrected chi connectivity index (χ3v) is 5.02. The van der Waals surface area contributed by atoms with E-state index in [0.717, 1.165) is 19.3 Å². The van der Waals surface area contributed by atoms with Crippen molar-refractivity contribution in [2.24, 2.45) is 0 Å². The van der Waals surface area contributed by atoms with Gasteiger partial charge in [0.1, 0.15) is 10.1 Å². The predicted octanol–water partition coefficient (Wildman–Crippen LogP) is 0.596. The van der Waals surface area contributed by atoms with Crippen LogP contribution in [-0.2, 0) is 10.1 Å². The van der Waals surface area contributed by atoms with Gasteiger partial charge in [-0.2, -0.15) is 0 Å². The molecule has 0 saturated carbocycles. The van der Waals surface area contributed by atoms with Gasteiger partial charge in [0.15, 0.2) is 0 Å². The number of rotatable bonds is 13. The Morgan fingerprint density at radius 2 is 1.33 bits per heavy atom. The molecule has 0 rings (SSSR count). The van der Waals surface area contributed by atoms with Crippen LogP contribution in [0.3, 0.4) is 0 Å². The molecule has 0 aromatic heterocycles. The van der Waals surface area contributed by atoms with E-state index in [0.29, 0.717) is 12.8 Å². The van der Waals surface area contributed by atoms with Crippen LogP contribution in [0.25, 0.3) is 0 Å². The molecule has 6 heteroatoms. The topological polar surface area (TPSA) is 77.4 Å². The monoisotopic (exact) mass is 330 g/mol. The van der Waals surface area contributed by atoms with Crippen LogP contribution in [0.15, 0.2) is 0 Å². The Bertz CT molecular complexity index is 320. The van der Waals surface area contributed by atoms with E-state index < -0.39 is 21.5 Å². The Morgan fingerprint density at radius 1 is 0.857 bits per heavy atom. The Hall–Kier alpha value is 0.870. The van der Waals surface area contributed by atoms with Crippen LogP contribution in [0.1, 0.15) is 84.5 Å². The van der Waals surface area contributed by atoms with Crippen LogP contribution >= 0.6 is 0 Å². The van der Waals surface area contributed by atoms with E-state index in [1.54, 1.807) is 0 Å². The summed E-state index contributed by atoms with van der Waals surface area (Å²) in [5.41, 5.74) is 0. The van der Waals surface area contributed by atoms with Gasteiger partial charge in [-0.1, -0.05) is 71.6 Å². The second-order valence-corrected chi connectivity index (χ2v) is 7.24.